The predicted molar refractivity (Wildman–Crippen MR) is 94.2 cm³/mol. The lowest BCUT2D eigenvalue weighted by Crippen LogP contribution is -2.29. The van der Waals surface area contributed by atoms with Crippen molar-refractivity contribution in [3.05, 3.63) is 57.1 Å². The van der Waals surface area contributed by atoms with Gasteiger partial charge in [0.15, 0.2) is 5.13 Å². The van der Waals surface area contributed by atoms with E-state index in [0.717, 1.165) is 16.1 Å². The summed E-state index contributed by atoms with van der Waals surface area (Å²) in [6, 6.07) is 11.3. The van der Waals surface area contributed by atoms with Crippen molar-refractivity contribution in [3.8, 4) is 11.3 Å². The molecule has 0 aliphatic rings. The average molecular weight is 349 g/mol. The molecule has 0 atom stereocenters. The van der Waals surface area contributed by atoms with E-state index in [1.807, 2.05) is 54.1 Å². The van der Waals surface area contributed by atoms with Gasteiger partial charge in [-0.15, -0.1) is 22.7 Å². The van der Waals surface area contributed by atoms with Crippen LogP contribution >= 0.6 is 34.3 Å². The van der Waals surface area contributed by atoms with Crippen LogP contribution in [-0.2, 0) is 0 Å². The maximum atomic E-state index is 12.5. The summed E-state index contributed by atoms with van der Waals surface area (Å²) in [7, 11) is 0. The molecule has 0 spiro atoms. The number of anilines is 1. The Morgan fingerprint density at radius 2 is 2.00 bits per heavy atom. The van der Waals surface area contributed by atoms with Crippen LogP contribution < -0.4 is 4.90 Å². The van der Waals surface area contributed by atoms with E-state index in [1.165, 1.54) is 22.7 Å². The molecule has 0 radical (unpaired) electrons. The van der Waals surface area contributed by atoms with Gasteiger partial charge in [-0.3, -0.25) is 9.69 Å². The number of aromatic nitrogens is 1. The topological polar surface area (TPSA) is 33.2 Å². The van der Waals surface area contributed by atoms with E-state index >= 15 is 0 Å². The summed E-state index contributed by atoms with van der Waals surface area (Å²) in [6.45, 7) is 2.54. The highest BCUT2D eigenvalue weighted by atomic mass is 35.5. The number of hydrogen-bond acceptors (Lipinski definition) is 4. The summed E-state index contributed by atoms with van der Waals surface area (Å²) in [4.78, 5) is 19.5. The maximum absolute atomic E-state index is 12.5. The van der Waals surface area contributed by atoms with Gasteiger partial charge in [-0.25, -0.2) is 4.98 Å². The first-order valence-electron chi connectivity index (χ1n) is 6.76. The molecule has 0 N–H and O–H groups in total. The molecule has 6 heteroatoms. The number of thiophene rings is 1. The summed E-state index contributed by atoms with van der Waals surface area (Å²) < 4.78 is 0. The highest BCUT2D eigenvalue weighted by Gasteiger charge is 2.20. The molecule has 2 heterocycles. The minimum absolute atomic E-state index is 0.00509. The fourth-order valence-corrected chi connectivity index (χ4v) is 3.73. The van der Waals surface area contributed by atoms with E-state index in [9.17, 15) is 4.79 Å². The monoisotopic (exact) mass is 348 g/mol. The fourth-order valence-electron chi connectivity index (χ4n) is 2.04. The molecule has 3 rings (SSSR count). The summed E-state index contributed by atoms with van der Waals surface area (Å²) in [5.74, 6) is -0.00509. The zero-order valence-electron chi connectivity index (χ0n) is 11.8. The largest absolute Gasteiger partial charge is 0.284 e. The molecular formula is C16H13ClN2OS2. The molecular weight excluding hydrogens is 336 g/mol. The van der Waals surface area contributed by atoms with Crippen molar-refractivity contribution in [1.82, 2.24) is 4.98 Å². The third-order valence-corrected chi connectivity index (χ3v) is 5.13. The van der Waals surface area contributed by atoms with E-state index in [-0.39, 0.29) is 5.91 Å². The number of thiazole rings is 1. The highest BCUT2D eigenvalue weighted by Crippen LogP contribution is 2.29. The summed E-state index contributed by atoms with van der Waals surface area (Å²) in [5.41, 5.74) is 1.85. The number of nitrogens with zero attached hydrogens (tertiary/aromatic N) is 2. The van der Waals surface area contributed by atoms with Crippen LogP contribution in [0.3, 0.4) is 0 Å². The smallest absolute Gasteiger partial charge is 0.270 e. The first-order valence-corrected chi connectivity index (χ1v) is 8.89. The fraction of sp³-hybridized carbons (Fsp3) is 0.125. The molecule has 0 aliphatic heterocycles. The molecule has 0 saturated heterocycles. The van der Waals surface area contributed by atoms with Gasteiger partial charge in [0.25, 0.3) is 5.91 Å². The summed E-state index contributed by atoms with van der Waals surface area (Å²) >= 11 is 8.82. The van der Waals surface area contributed by atoms with Crippen LogP contribution in [0, 0.1) is 0 Å². The number of hydrogen-bond donors (Lipinski definition) is 0. The Balaban J connectivity index is 1.88. The third kappa shape index (κ3) is 3.06. The minimum Gasteiger partial charge on any atom is -0.284 e. The lowest BCUT2D eigenvalue weighted by atomic mass is 10.2. The van der Waals surface area contributed by atoms with Crippen molar-refractivity contribution < 1.29 is 4.79 Å². The second-order valence-corrected chi connectivity index (χ2v) is 6.77. The van der Waals surface area contributed by atoms with E-state index in [4.69, 9.17) is 11.6 Å². The van der Waals surface area contributed by atoms with E-state index in [2.05, 4.69) is 4.98 Å². The van der Waals surface area contributed by atoms with Crippen LogP contribution in [-0.4, -0.2) is 17.4 Å². The molecule has 1 amide bonds. The Morgan fingerprint density at radius 1 is 1.23 bits per heavy atom. The van der Waals surface area contributed by atoms with E-state index in [1.54, 1.807) is 4.90 Å². The molecule has 22 heavy (non-hydrogen) atoms. The first kappa shape index (κ1) is 15.2. The predicted octanol–water partition coefficient (Wildman–Crippen LogP) is 5.19. The maximum Gasteiger partial charge on any atom is 0.270 e. The van der Waals surface area contributed by atoms with Crippen LogP contribution in [0.25, 0.3) is 11.3 Å². The number of carbonyl (C=O) groups is 1. The quantitative estimate of drug-likeness (QED) is 0.649. The van der Waals surface area contributed by atoms with Crippen molar-refractivity contribution in [2.45, 2.75) is 6.92 Å². The second kappa shape index (κ2) is 6.60. The molecule has 0 aliphatic carbocycles. The van der Waals surface area contributed by atoms with Gasteiger partial charge in [0.05, 0.1) is 10.6 Å². The van der Waals surface area contributed by atoms with E-state index in [0.29, 0.717) is 16.7 Å². The Hall–Kier alpha value is -1.69. The number of benzene rings is 1. The molecule has 3 aromatic rings. The molecule has 112 valence electrons. The lowest BCUT2D eigenvalue weighted by Gasteiger charge is -2.16. The zero-order chi connectivity index (χ0) is 15.5. The van der Waals surface area contributed by atoms with Gasteiger partial charge in [-0.2, -0.15) is 0 Å². The van der Waals surface area contributed by atoms with Gasteiger partial charge < -0.3 is 0 Å². The number of amides is 1. The molecule has 1 aromatic carbocycles. The molecule has 0 saturated carbocycles. The number of halogens is 1. The van der Waals surface area contributed by atoms with Crippen molar-refractivity contribution in [2.24, 2.45) is 0 Å². The normalized spacial score (nSPS) is 10.6. The van der Waals surface area contributed by atoms with Gasteiger partial charge in [0.2, 0.25) is 0 Å². The van der Waals surface area contributed by atoms with Crippen molar-refractivity contribution in [2.75, 3.05) is 11.4 Å². The van der Waals surface area contributed by atoms with Crippen molar-refractivity contribution >= 4 is 45.3 Å². The summed E-state index contributed by atoms with van der Waals surface area (Å²) in [5, 5.41) is 5.28. The van der Waals surface area contributed by atoms with Crippen LogP contribution in [0.2, 0.25) is 5.02 Å². The number of carbonyl (C=O) groups excluding carboxylic acids is 1. The molecule has 0 fully saturated rings. The zero-order valence-corrected chi connectivity index (χ0v) is 14.2. The highest BCUT2D eigenvalue weighted by molar-refractivity contribution is 7.14. The SMILES string of the molecule is CCN(C(=O)c1cccs1)c1nc(-c2ccc(Cl)cc2)cs1. The standard InChI is InChI=1S/C16H13ClN2OS2/c1-2-19(15(20)14-4-3-9-21-14)16-18-13(10-22-16)11-5-7-12(17)8-6-11/h3-10H,2H2,1H3. The third-order valence-electron chi connectivity index (χ3n) is 3.16. The van der Waals surface area contributed by atoms with Gasteiger partial charge >= 0.3 is 0 Å². The molecule has 3 nitrogen and oxygen atoms in total. The van der Waals surface area contributed by atoms with E-state index < -0.39 is 0 Å². The minimum atomic E-state index is -0.00509. The average Bonchev–Trinajstić information content (AvgIpc) is 3.20. The first-order chi connectivity index (χ1) is 10.7. The Bertz CT molecular complexity index is 766. The van der Waals surface area contributed by atoms with Crippen LogP contribution in [0.15, 0.2) is 47.2 Å². The van der Waals surface area contributed by atoms with Crippen LogP contribution in [0.1, 0.15) is 16.6 Å². The lowest BCUT2D eigenvalue weighted by molar-refractivity contribution is 0.0992. The summed E-state index contributed by atoms with van der Waals surface area (Å²) in [6.07, 6.45) is 0. The number of rotatable bonds is 4. The van der Waals surface area contributed by atoms with Crippen LogP contribution in [0.5, 0.6) is 0 Å². The van der Waals surface area contributed by atoms with Crippen molar-refractivity contribution in [3.63, 3.8) is 0 Å². The van der Waals surface area contributed by atoms with Crippen molar-refractivity contribution in [1.29, 1.82) is 0 Å². The molecule has 0 unspecified atom stereocenters. The van der Waals surface area contributed by atoms with Gasteiger partial charge in [0, 0.05) is 22.5 Å². The van der Waals surface area contributed by atoms with Gasteiger partial charge in [-0.1, -0.05) is 29.8 Å². The Kier molecular flexibility index (Phi) is 4.57. The van der Waals surface area contributed by atoms with Gasteiger partial charge in [0.1, 0.15) is 0 Å². The molecule has 0 bridgehead atoms. The Labute approximate surface area is 141 Å². The Morgan fingerprint density at radius 3 is 2.64 bits per heavy atom. The van der Waals surface area contributed by atoms with Crippen LogP contribution in [0.4, 0.5) is 5.13 Å². The van der Waals surface area contributed by atoms with Gasteiger partial charge in [-0.05, 0) is 30.5 Å². The molecule has 2 aromatic heterocycles. The second-order valence-electron chi connectivity index (χ2n) is 4.55.